The van der Waals surface area contributed by atoms with E-state index in [4.69, 9.17) is 4.74 Å². The molecular weight excluding hydrogens is 319 g/mol. The quantitative estimate of drug-likeness (QED) is 0.690. The van der Waals surface area contributed by atoms with Crippen LogP contribution in [-0.4, -0.2) is 35.9 Å². The van der Waals surface area contributed by atoms with Crippen molar-refractivity contribution in [3.63, 3.8) is 0 Å². The van der Waals surface area contributed by atoms with E-state index in [9.17, 15) is 9.18 Å². The number of fused-ring (bicyclic) bond motifs is 1. The Morgan fingerprint density at radius 1 is 1.28 bits per heavy atom. The van der Waals surface area contributed by atoms with Gasteiger partial charge in [0.1, 0.15) is 0 Å². The minimum absolute atomic E-state index is 0.0360. The van der Waals surface area contributed by atoms with Crippen molar-refractivity contribution in [2.75, 3.05) is 14.2 Å². The third kappa shape index (κ3) is 3.42. The number of ketones is 1. The molecule has 0 bridgehead atoms. The molecule has 0 aliphatic rings. The predicted octanol–water partition coefficient (Wildman–Crippen LogP) is 4.02. The zero-order chi connectivity index (χ0) is 18.0. The number of H-pyrrole nitrogens is 1. The number of halogens is 1. The highest BCUT2D eigenvalue weighted by Gasteiger charge is 2.22. The number of nitrogens with zero attached hydrogens (tertiary/aromatic N) is 1. The van der Waals surface area contributed by atoms with E-state index in [1.165, 1.54) is 13.2 Å². The number of ether oxygens (including phenoxy) is 1. The van der Waals surface area contributed by atoms with E-state index < -0.39 is 5.82 Å². The normalized spacial score (nSPS) is 12.5. The molecule has 0 spiro atoms. The molecule has 3 aromatic rings. The second kappa shape index (κ2) is 7.07. The molecule has 1 unspecified atom stereocenters. The fraction of sp³-hybridized carbons (Fsp3) is 0.250. The van der Waals surface area contributed by atoms with Gasteiger partial charge >= 0.3 is 0 Å². The SMILES string of the molecule is COc1ccc(CN(C)C(C)C(=O)c2c[nH]c3ccccc23)cc1F. The predicted molar refractivity (Wildman–Crippen MR) is 96.5 cm³/mol. The lowest BCUT2D eigenvalue weighted by molar-refractivity contribution is 0.0864. The van der Waals surface area contributed by atoms with Gasteiger partial charge in [-0.2, -0.15) is 0 Å². The van der Waals surface area contributed by atoms with Crippen LogP contribution in [0.25, 0.3) is 10.9 Å². The van der Waals surface area contributed by atoms with Crippen molar-refractivity contribution >= 4 is 16.7 Å². The van der Waals surface area contributed by atoms with E-state index in [1.54, 1.807) is 18.3 Å². The van der Waals surface area contributed by atoms with Crippen LogP contribution < -0.4 is 4.74 Å². The van der Waals surface area contributed by atoms with Gasteiger partial charge < -0.3 is 9.72 Å². The summed E-state index contributed by atoms with van der Waals surface area (Å²) >= 11 is 0. The van der Waals surface area contributed by atoms with Crippen LogP contribution in [0, 0.1) is 5.82 Å². The first-order chi connectivity index (χ1) is 12.0. The van der Waals surface area contributed by atoms with Gasteiger partial charge in [0.05, 0.1) is 13.2 Å². The number of aromatic amines is 1. The number of Topliss-reactive ketones (excluding diaryl/α,β-unsaturated/α-hetero) is 1. The van der Waals surface area contributed by atoms with Crippen LogP contribution in [-0.2, 0) is 6.54 Å². The van der Waals surface area contributed by atoms with E-state index in [2.05, 4.69) is 4.98 Å². The largest absolute Gasteiger partial charge is 0.494 e. The van der Waals surface area contributed by atoms with Crippen LogP contribution in [0.1, 0.15) is 22.8 Å². The van der Waals surface area contributed by atoms with E-state index in [-0.39, 0.29) is 17.6 Å². The number of aromatic nitrogens is 1. The first-order valence-electron chi connectivity index (χ1n) is 8.14. The summed E-state index contributed by atoms with van der Waals surface area (Å²) in [6.07, 6.45) is 1.75. The van der Waals surface area contributed by atoms with Gasteiger partial charge in [-0.3, -0.25) is 9.69 Å². The molecule has 1 N–H and O–H groups in total. The minimum Gasteiger partial charge on any atom is -0.494 e. The summed E-state index contributed by atoms with van der Waals surface area (Å²) in [5.41, 5.74) is 2.41. The molecule has 0 aliphatic carbocycles. The fourth-order valence-corrected chi connectivity index (χ4v) is 2.93. The first-order valence-corrected chi connectivity index (χ1v) is 8.14. The van der Waals surface area contributed by atoms with E-state index in [0.717, 1.165) is 16.5 Å². The second-order valence-electron chi connectivity index (χ2n) is 6.17. The van der Waals surface area contributed by atoms with Gasteiger partial charge in [0.15, 0.2) is 17.3 Å². The lowest BCUT2D eigenvalue weighted by Gasteiger charge is -2.23. The maximum atomic E-state index is 13.8. The molecular formula is C20H21FN2O2. The molecule has 4 nitrogen and oxygen atoms in total. The zero-order valence-electron chi connectivity index (χ0n) is 14.5. The molecule has 1 heterocycles. The Kier molecular flexibility index (Phi) is 4.86. The lowest BCUT2D eigenvalue weighted by Crippen LogP contribution is -2.35. The van der Waals surface area contributed by atoms with Gasteiger partial charge in [0.2, 0.25) is 0 Å². The number of hydrogen-bond donors (Lipinski definition) is 1. The van der Waals surface area contributed by atoms with Crippen molar-refractivity contribution in [1.82, 2.24) is 9.88 Å². The number of carbonyl (C=O) groups excluding carboxylic acids is 1. The van der Waals surface area contributed by atoms with Crippen LogP contribution in [0.3, 0.4) is 0 Å². The Labute approximate surface area is 146 Å². The van der Waals surface area contributed by atoms with Crippen LogP contribution in [0.2, 0.25) is 0 Å². The van der Waals surface area contributed by atoms with E-state index in [0.29, 0.717) is 12.1 Å². The van der Waals surface area contributed by atoms with Crippen LogP contribution in [0.4, 0.5) is 4.39 Å². The van der Waals surface area contributed by atoms with Crippen LogP contribution >= 0.6 is 0 Å². The molecule has 0 saturated carbocycles. The maximum absolute atomic E-state index is 13.8. The smallest absolute Gasteiger partial charge is 0.181 e. The Morgan fingerprint density at radius 3 is 2.76 bits per heavy atom. The van der Waals surface area contributed by atoms with Gasteiger partial charge in [0, 0.05) is 29.2 Å². The number of likely N-dealkylation sites (N-methyl/N-ethyl adjacent to an activating group) is 1. The Hall–Kier alpha value is -2.66. The summed E-state index contributed by atoms with van der Waals surface area (Å²) in [7, 11) is 3.30. The van der Waals surface area contributed by atoms with Crippen molar-refractivity contribution < 1.29 is 13.9 Å². The van der Waals surface area contributed by atoms with Gasteiger partial charge in [-0.15, -0.1) is 0 Å². The van der Waals surface area contributed by atoms with Crippen LogP contribution in [0.15, 0.2) is 48.7 Å². The number of rotatable bonds is 6. The highest BCUT2D eigenvalue weighted by atomic mass is 19.1. The Bertz CT molecular complexity index is 904. The third-order valence-corrected chi connectivity index (χ3v) is 4.54. The highest BCUT2D eigenvalue weighted by molar-refractivity contribution is 6.10. The third-order valence-electron chi connectivity index (χ3n) is 4.54. The highest BCUT2D eigenvalue weighted by Crippen LogP contribution is 2.22. The molecule has 0 radical (unpaired) electrons. The van der Waals surface area contributed by atoms with Gasteiger partial charge in [-0.25, -0.2) is 4.39 Å². The number of benzene rings is 2. The average molecular weight is 340 g/mol. The van der Waals surface area contributed by atoms with Crippen molar-refractivity contribution in [2.45, 2.75) is 19.5 Å². The topological polar surface area (TPSA) is 45.3 Å². The van der Waals surface area contributed by atoms with E-state index in [1.807, 2.05) is 43.1 Å². The summed E-state index contributed by atoms with van der Waals surface area (Å²) in [4.78, 5) is 17.9. The lowest BCUT2D eigenvalue weighted by atomic mass is 10.0. The van der Waals surface area contributed by atoms with Crippen molar-refractivity contribution in [2.24, 2.45) is 0 Å². The van der Waals surface area contributed by atoms with Gasteiger partial charge in [0.25, 0.3) is 0 Å². The molecule has 5 heteroatoms. The van der Waals surface area contributed by atoms with Crippen LogP contribution in [0.5, 0.6) is 5.75 Å². The summed E-state index contributed by atoms with van der Waals surface area (Å²) < 4.78 is 18.8. The monoisotopic (exact) mass is 340 g/mol. The minimum atomic E-state index is -0.399. The van der Waals surface area contributed by atoms with Gasteiger partial charge in [-0.05, 0) is 37.7 Å². The van der Waals surface area contributed by atoms with Gasteiger partial charge in [-0.1, -0.05) is 24.3 Å². The molecule has 0 fully saturated rings. The fourth-order valence-electron chi connectivity index (χ4n) is 2.93. The molecule has 130 valence electrons. The number of hydrogen-bond acceptors (Lipinski definition) is 3. The molecule has 0 saturated heterocycles. The van der Waals surface area contributed by atoms with Crippen molar-refractivity contribution in [3.05, 3.63) is 65.6 Å². The van der Waals surface area contributed by atoms with Crippen molar-refractivity contribution in [1.29, 1.82) is 0 Å². The molecule has 3 rings (SSSR count). The summed E-state index contributed by atoms with van der Waals surface area (Å²) in [6.45, 7) is 2.33. The first kappa shape index (κ1) is 17.2. The summed E-state index contributed by atoms with van der Waals surface area (Å²) in [6, 6.07) is 12.3. The molecule has 25 heavy (non-hydrogen) atoms. The Morgan fingerprint density at radius 2 is 2.04 bits per heavy atom. The van der Waals surface area contributed by atoms with E-state index >= 15 is 0 Å². The zero-order valence-corrected chi connectivity index (χ0v) is 14.5. The number of para-hydroxylation sites is 1. The number of methoxy groups -OCH3 is 1. The molecule has 0 amide bonds. The number of carbonyl (C=O) groups is 1. The Balaban J connectivity index is 1.76. The number of nitrogens with one attached hydrogen (secondary N) is 1. The molecule has 2 aromatic carbocycles. The molecule has 0 aliphatic heterocycles. The molecule has 1 aromatic heterocycles. The maximum Gasteiger partial charge on any atom is 0.181 e. The summed E-state index contributed by atoms with van der Waals surface area (Å²) in [5, 5.41) is 0.920. The standard InChI is InChI=1S/C20H21FN2O2/c1-13(20(24)16-11-22-18-7-5-4-6-15(16)18)23(2)12-14-8-9-19(25-3)17(21)10-14/h4-11,13,22H,12H2,1-3H3. The average Bonchev–Trinajstić information content (AvgIpc) is 3.04. The molecule has 1 atom stereocenters. The second-order valence-corrected chi connectivity index (χ2v) is 6.17. The summed E-state index contributed by atoms with van der Waals surface area (Å²) in [5.74, 6) is -0.146. The van der Waals surface area contributed by atoms with Crippen molar-refractivity contribution in [3.8, 4) is 5.75 Å².